The first-order chi connectivity index (χ1) is 8.42. The molecule has 3 heteroatoms. The van der Waals surface area contributed by atoms with Crippen molar-refractivity contribution < 1.29 is 14.3 Å². The number of ketones is 1. The van der Waals surface area contributed by atoms with Crippen molar-refractivity contribution in [1.82, 2.24) is 0 Å². The van der Waals surface area contributed by atoms with E-state index in [-0.39, 0.29) is 29.0 Å². The molecule has 0 unspecified atom stereocenters. The highest BCUT2D eigenvalue weighted by atomic mass is 16.5. The molecule has 0 N–H and O–H groups in total. The summed E-state index contributed by atoms with van der Waals surface area (Å²) in [5, 5.41) is 0. The molecule has 1 aliphatic heterocycles. The van der Waals surface area contributed by atoms with Crippen LogP contribution in [0.4, 0.5) is 0 Å². The Bertz CT molecular complexity index is 550. The van der Waals surface area contributed by atoms with Crippen LogP contribution in [0.2, 0.25) is 0 Å². The smallest absolute Gasteiger partial charge is 0.339 e. The van der Waals surface area contributed by atoms with E-state index in [9.17, 15) is 9.59 Å². The maximum absolute atomic E-state index is 11.8. The Kier molecular flexibility index (Phi) is 2.19. The molecular weight excluding hydrogens is 228 g/mol. The molecule has 18 heavy (non-hydrogen) atoms. The quantitative estimate of drug-likeness (QED) is 0.615. The van der Waals surface area contributed by atoms with E-state index in [0.717, 1.165) is 12.0 Å². The van der Waals surface area contributed by atoms with Crippen molar-refractivity contribution in [1.29, 1.82) is 0 Å². The lowest BCUT2D eigenvalue weighted by atomic mass is 9.61. The summed E-state index contributed by atoms with van der Waals surface area (Å²) in [6.07, 6.45) is 6.36. The van der Waals surface area contributed by atoms with Gasteiger partial charge in [-0.05, 0) is 31.4 Å². The minimum Gasteiger partial charge on any atom is -0.423 e. The molecule has 0 aromatic rings. The zero-order chi connectivity index (χ0) is 13.1. The Hall–Kier alpha value is -1.64. The van der Waals surface area contributed by atoms with Gasteiger partial charge in [-0.2, -0.15) is 0 Å². The van der Waals surface area contributed by atoms with Crippen molar-refractivity contribution in [3.05, 3.63) is 35.1 Å². The van der Waals surface area contributed by atoms with Gasteiger partial charge in [-0.1, -0.05) is 19.9 Å². The molecule has 0 saturated heterocycles. The van der Waals surface area contributed by atoms with E-state index in [0.29, 0.717) is 11.3 Å². The molecular formula is C15H16O3. The highest BCUT2D eigenvalue weighted by Gasteiger charge is 2.46. The van der Waals surface area contributed by atoms with E-state index in [1.165, 1.54) is 0 Å². The fraction of sp³-hybridized carbons (Fsp3) is 0.467. The van der Waals surface area contributed by atoms with Gasteiger partial charge in [-0.25, -0.2) is 4.79 Å². The number of rotatable bonds is 0. The van der Waals surface area contributed by atoms with Crippen LogP contribution in [0.1, 0.15) is 27.2 Å². The SMILES string of the molecule is CC1=C2C[C@@H]3[C@@H](C)C(=O)C=C[C@@]3(C)C=C2OC1=O. The molecule has 0 aromatic carbocycles. The van der Waals surface area contributed by atoms with Crippen LogP contribution < -0.4 is 0 Å². The minimum atomic E-state index is -0.249. The highest BCUT2D eigenvalue weighted by Crippen LogP contribution is 2.51. The predicted molar refractivity (Wildman–Crippen MR) is 66.4 cm³/mol. The van der Waals surface area contributed by atoms with Crippen molar-refractivity contribution in [2.45, 2.75) is 27.2 Å². The van der Waals surface area contributed by atoms with Gasteiger partial charge in [0, 0.05) is 22.5 Å². The molecule has 1 heterocycles. The predicted octanol–water partition coefficient (Wildman–Crippen LogP) is 2.54. The molecule has 3 rings (SSSR count). The van der Waals surface area contributed by atoms with E-state index >= 15 is 0 Å². The standard InChI is InChI=1S/C15H16O3/c1-8-10-6-11-9(2)12(16)4-5-15(11,3)7-13(10)18-14(8)17/h4-5,7,9,11H,6H2,1-3H3/t9-,11-,15+/m1/s1. The third-order valence-corrected chi connectivity index (χ3v) is 4.58. The Balaban J connectivity index is 2.13. The Labute approximate surface area is 106 Å². The van der Waals surface area contributed by atoms with Gasteiger partial charge in [-0.3, -0.25) is 4.79 Å². The number of esters is 1. The fourth-order valence-electron chi connectivity index (χ4n) is 3.24. The first-order valence-electron chi connectivity index (χ1n) is 6.30. The maximum Gasteiger partial charge on any atom is 0.339 e. The monoisotopic (exact) mass is 244 g/mol. The summed E-state index contributed by atoms with van der Waals surface area (Å²) < 4.78 is 5.28. The lowest BCUT2D eigenvalue weighted by molar-refractivity contribution is -0.133. The normalized spacial score (nSPS) is 38.3. The first kappa shape index (κ1) is 11.5. The van der Waals surface area contributed by atoms with Crippen molar-refractivity contribution >= 4 is 11.8 Å². The van der Waals surface area contributed by atoms with Crippen LogP contribution in [0.15, 0.2) is 35.1 Å². The summed E-state index contributed by atoms with van der Waals surface area (Å²) in [7, 11) is 0. The molecule has 0 radical (unpaired) electrons. The highest BCUT2D eigenvalue weighted by molar-refractivity contribution is 5.95. The third kappa shape index (κ3) is 1.36. The molecule has 3 nitrogen and oxygen atoms in total. The van der Waals surface area contributed by atoms with Crippen LogP contribution in [0, 0.1) is 17.3 Å². The first-order valence-corrected chi connectivity index (χ1v) is 6.30. The maximum atomic E-state index is 11.8. The minimum absolute atomic E-state index is 0.00574. The topological polar surface area (TPSA) is 43.4 Å². The summed E-state index contributed by atoms with van der Waals surface area (Å²) in [4.78, 5) is 23.4. The Morgan fingerprint density at radius 2 is 2.11 bits per heavy atom. The largest absolute Gasteiger partial charge is 0.423 e. The Morgan fingerprint density at radius 1 is 1.39 bits per heavy atom. The average Bonchev–Trinajstić information content (AvgIpc) is 2.58. The summed E-state index contributed by atoms with van der Waals surface area (Å²) in [6, 6.07) is 0. The number of allylic oxidation sites excluding steroid dienone is 4. The van der Waals surface area contributed by atoms with Gasteiger partial charge in [0.25, 0.3) is 0 Å². The van der Waals surface area contributed by atoms with E-state index < -0.39 is 0 Å². The van der Waals surface area contributed by atoms with Crippen molar-refractivity contribution in [2.24, 2.45) is 17.3 Å². The van der Waals surface area contributed by atoms with E-state index in [1.807, 2.05) is 19.1 Å². The van der Waals surface area contributed by atoms with Crippen LogP contribution in [-0.4, -0.2) is 11.8 Å². The Morgan fingerprint density at radius 3 is 2.83 bits per heavy atom. The number of fused-ring (bicyclic) bond motifs is 2. The molecule has 0 bridgehead atoms. The van der Waals surface area contributed by atoms with E-state index in [2.05, 4.69) is 6.92 Å². The summed E-state index contributed by atoms with van der Waals surface area (Å²) in [5.41, 5.74) is 1.49. The zero-order valence-electron chi connectivity index (χ0n) is 10.8. The number of ether oxygens (including phenoxy) is 1. The van der Waals surface area contributed by atoms with Crippen LogP contribution in [-0.2, 0) is 14.3 Å². The number of carbonyl (C=O) groups excluding carboxylic acids is 2. The number of carbonyl (C=O) groups is 2. The van der Waals surface area contributed by atoms with Gasteiger partial charge >= 0.3 is 5.97 Å². The van der Waals surface area contributed by atoms with Gasteiger partial charge < -0.3 is 4.74 Å². The van der Waals surface area contributed by atoms with Crippen LogP contribution in [0.25, 0.3) is 0 Å². The fourth-order valence-corrected chi connectivity index (χ4v) is 3.24. The molecule has 3 aliphatic rings. The van der Waals surface area contributed by atoms with E-state index in [4.69, 9.17) is 4.74 Å². The molecule has 94 valence electrons. The second kappa shape index (κ2) is 3.44. The van der Waals surface area contributed by atoms with Gasteiger partial charge in [0.2, 0.25) is 0 Å². The van der Waals surface area contributed by atoms with Crippen molar-refractivity contribution in [3.63, 3.8) is 0 Å². The van der Waals surface area contributed by atoms with Crippen molar-refractivity contribution in [2.75, 3.05) is 0 Å². The molecule has 3 atom stereocenters. The summed E-state index contributed by atoms with van der Waals surface area (Å²) >= 11 is 0. The number of hydrogen-bond acceptors (Lipinski definition) is 3. The number of hydrogen-bond donors (Lipinski definition) is 0. The lowest BCUT2D eigenvalue weighted by Gasteiger charge is -2.42. The van der Waals surface area contributed by atoms with Crippen LogP contribution >= 0.6 is 0 Å². The molecule has 0 saturated carbocycles. The molecule has 2 aliphatic carbocycles. The van der Waals surface area contributed by atoms with Gasteiger partial charge in [0.1, 0.15) is 5.76 Å². The molecule has 0 amide bonds. The van der Waals surface area contributed by atoms with Gasteiger partial charge in [-0.15, -0.1) is 0 Å². The van der Waals surface area contributed by atoms with Gasteiger partial charge in [0.15, 0.2) is 5.78 Å². The second-order valence-corrected chi connectivity index (χ2v) is 5.70. The third-order valence-electron chi connectivity index (χ3n) is 4.58. The van der Waals surface area contributed by atoms with Gasteiger partial charge in [0.05, 0.1) is 0 Å². The van der Waals surface area contributed by atoms with E-state index in [1.54, 1.807) is 13.0 Å². The molecule has 0 fully saturated rings. The second-order valence-electron chi connectivity index (χ2n) is 5.70. The lowest BCUT2D eigenvalue weighted by Crippen LogP contribution is -2.38. The van der Waals surface area contributed by atoms with Crippen LogP contribution in [0.5, 0.6) is 0 Å². The summed E-state index contributed by atoms with van der Waals surface area (Å²) in [5.74, 6) is 0.841. The summed E-state index contributed by atoms with van der Waals surface area (Å²) in [6.45, 7) is 5.87. The average molecular weight is 244 g/mol. The van der Waals surface area contributed by atoms with Crippen molar-refractivity contribution in [3.8, 4) is 0 Å². The molecule has 0 aromatic heterocycles. The molecule has 0 spiro atoms. The zero-order valence-corrected chi connectivity index (χ0v) is 10.8. The van der Waals surface area contributed by atoms with Crippen LogP contribution in [0.3, 0.4) is 0 Å².